The third-order valence-electron chi connectivity index (χ3n) is 4.93. The minimum Gasteiger partial charge on any atom is -0.480 e. The summed E-state index contributed by atoms with van der Waals surface area (Å²) in [6, 6.07) is 16.1. The fourth-order valence-electron chi connectivity index (χ4n) is 3.49. The molecule has 0 aromatic heterocycles. The fraction of sp³-hybridized carbons (Fsp3) is 0.217. The van der Waals surface area contributed by atoms with Crippen LogP contribution in [0.2, 0.25) is 0 Å². The van der Waals surface area contributed by atoms with E-state index in [9.17, 15) is 19.8 Å². The molecular weight excluding hydrogens is 427 g/mol. The topological polar surface area (TPSA) is 83.8 Å². The maximum absolute atomic E-state index is 12.4. The third-order valence-corrected chi connectivity index (χ3v) is 4.93. The lowest BCUT2D eigenvalue weighted by atomic mass is 9.70. The van der Waals surface area contributed by atoms with Crippen LogP contribution in [-0.2, 0) is 15.0 Å². The van der Waals surface area contributed by atoms with Crippen LogP contribution in [0.1, 0.15) is 37.3 Å². The number of allylic oxidation sites excluding steroid dienone is 1. The first kappa shape index (κ1) is 25.3. The monoisotopic (exact) mass is 450 g/mol. The molecule has 0 bridgehead atoms. The van der Waals surface area contributed by atoms with Gasteiger partial charge in [0.15, 0.2) is 0 Å². The lowest BCUT2D eigenvalue weighted by Gasteiger charge is -2.33. The minimum atomic E-state index is -1.40. The van der Waals surface area contributed by atoms with Crippen LogP contribution >= 0.6 is 24.8 Å². The van der Waals surface area contributed by atoms with E-state index >= 15 is 0 Å². The molecule has 160 valence electrons. The molecule has 2 aromatic rings. The van der Waals surface area contributed by atoms with Gasteiger partial charge >= 0.3 is 11.9 Å². The van der Waals surface area contributed by atoms with E-state index in [1.165, 1.54) is 12.2 Å². The summed E-state index contributed by atoms with van der Waals surface area (Å²) >= 11 is 0. The molecule has 0 aliphatic heterocycles. The number of para-hydroxylation sites is 1. The standard InChI is InChI=1S/C23H22O5.2ClH/c1-15(2)17-10-6-7-11-19(17)23(22(26)27)13-12-18(21(24)25)20(14-23)28-16-8-4-3-5-9-16;;/h3-13,15H,14H2,1-2H3,(H,24,25)(H,26,27);2*1H. The van der Waals surface area contributed by atoms with E-state index in [2.05, 4.69) is 0 Å². The van der Waals surface area contributed by atoms with Crippen LogP contribution in [0.4, 0.5) is 0 Å². The number of carbonyl (C=O) groups is 2. The molecule has 0 saturated heterocycles. The molecule has 1 aliphatic rings. The molecule has 3 rings (SSSR count). The van der Waals surface area contributed by atoms with Gasteiger partial charge in [0.1, 0.15) is 16.9 Å². The van der Waals surface area contributed by atoms with Gasteiger partial charge in [-0.15, -0.1) is 24.8 Å². The molecule has 2 aromatic carbocycles. The van der Waals surface area contributed by atoms with Crippen molar-refractivity contribution in [2.24, 2.45) is 0 Å². The first-order valence-electron chi connectivity index (χ1n) is 9.06. The summed E-state index contributed by atoms with van der Waals surface area (Å²) in [5.74, 6) is -1.50. The largest absolute Gasteiger partial charge is 0.480 e. The summed E-state index contributed by atoms with van der Waals surface area (Å²) in [5.41, 5.74) is 0.117. The van der Waals surface area contributed by atoms with E-state index in [0.717, 1.165) is 5.56 Å². The van der Waals surface area contributed by atoms with E-state index in [4.69, 9.17) is 4.74 Å². The average Bonchev–Trinajstić information content (AvgIpc) is 2.68. The summed E-state index contributed by atoms with van der Waals surface area (Å²) in [5, 5.41) is 19.8. The van der Waals surface area contributed by atoms with Crippen LogP contribution in [0.25, 0.3) is 0 Å². The summed E-state index contributed by atoms with van der Waals surface area (Å²) < 4.78 is 5.84. The molecule has 0 radical (unpaired) electrons. The van der Waals surface area contributed by atoms with Crippen molar-refractivity contribution in [3.8, 4) is 5.75 Å². The van der Waals surface area contributed by atoms with E-state index < -0.39 is 17.4 Å². The van der Waals surface area contributed by atoms with E-state index in [1.54, 1.807) is 36.4 Å². The fourth-order valence-corrected chi connectivity index (χ4v) is 3.49. The first-order valence-corrected chi connectivity index (χ1v) is 9.06. The van der Waals surface area contributed by atoms with Crippen LogP contribution in [-0.4, -0.2) is 22.2 Å². The van der Waals surface area contributed by atoms with E-state index in [-0.39, 0.29) is 48.5 Å². The Morgan fingerprint density at radius 1 is 0.967 bits per heavy atom. The van der Waals surface area contributed by atoms with Crippen LogP contribution in [0.15, 0.2) is 78.1 Å². The Hall–Kier alpha value is -2.76. The van der Waals surface area contributed by atoms with Gasteiger partial charge in [0.05, 0.1) is 5.57 Å². The number of carboxylic acid groups (broad SMARTS) is 2. The predicted molar refractivity (Wildman–Crippen MR) is 120 cm³/mol. The van der Waals surface area contributed by atoms with Crippen molar-refractivity contribution < 1.29 is 24.5 Å². The van der Waals surface area contributed by atoms with Crippen LogP contribution in [0.5, 0.6) is 5.75 Å². The lowest BCUT2D eigenvalue weighted by Crippen LogP contribution is -2.38. The van der Waals surface area contributed by atoms with Gasteiger partial charge in [-0.05, 0) is 35.3 Å². The van der Waals surface area contributed by atoms with Crippen molar-refractivity contribution in [2.45, 2.75) is 31.6 Å². The summed E-state index contributed by atoms with van der Waals surface area (Å²) in [6.45, 7) is 4.00. The highest BCUT2D eigenvalue weighted by Gasteiger charge is 2.44. The normalized spacial score (nSPS) is 17.7. The van der Waals surface area contributed by atoms with Crippen LogP contribution < -0.4 is 4.74 Å². The number of benzene rings is 2. The second-order valence-electron chi connectivity index (χ2n) is 7.09. The van der Waals surface area contributed by atoms with Gasteiger partial charge in [0, 0.05) is 6.42 Å². The number of halogens is 2. The quantitative estimate of drug-likeness (QED) is 0.618. The number of hydrogen-bond donors (Lipinski definition) is 2. The zero-order valence-corrected chi connectivity index (χ0v) is 18.2. The molecule has 0 amide bonds. The molecular formula is C23H24Cl2O5. The second-order valence-corrected chi connectivity index (χ2v) is 7.09. The molecule has 2 N–H and O–H groups in total. The van der Waals surface area contributed by atoms with E-state index in [1.807, 2.05) is 32.0 Å². The van der Waals surface area contributed by atoms with Gasteiger partial charge < -0.3 is 14.9 Å². The third kappa shape index (κ3) is 4.86. The van der Waals surface area contributed by atoms with Crippen LogP contribution in [0.3, 0.4) is 0 Å². The average molecular weight is 451 g/mol. The number of ether oxygens (including phenoxy) is 1. The minimum absolute atomic E-state index is 0. The van der Waals surface area contributed by atoms with Crippen molar-refractivity contribution in [3.05, 3.63) is 89.2 Å². The van der Waals surface area contributed by atoms with Gasteiger partial charge in [0.2, 0.25) is 0 Å². The Bertz CT molecular complexity index is 967. The zero-order chi connectivity index (χ0) is 20.3. The Balaban J connectivity index is 0.00000225. The molecule has 0 fully saturated rings. The van der Waals surface area contributed by atoms with Crippen molar-refractivity contribution in [1.29, 1.82) is 0 Å². The lowest BCUT2D eigenvalue weighted by molar-refractivity contribution is -0.142. The molecule has 0 saturated carbocycles. The van der Waals surface area contributed by atoms with Crippen molar-refractivity contribution in [2.75, 3.05) is 0 Å². The molecule has 1 aliphatic carbocycles. The summed E-state index contributed by atoms with van der Waals surface area (Å²) in [7, 11) is 0. The van der Waals surface area contributed by atoms with Gasteiger partial charge in [-0.2, -0.15) is 0 Å². The highest BCUT2D eigenvalue weighted by Crippen LogP contribution is 2.42. The number of rotatable bonds is 6. The van der Waals surface area contributed by atoms with Gasteiger partial charge in [0.25, 0.3) is 0 Å². The molecule has 5 nitrogen and oxygen atoms in total. The maximum Gasteiger partial charge on any atom is 0.339 e. The second kappa shape index (κ2) is 10.3. The number of hydrogen-bond acceptors (Lipinski definition) is 3. The molecule has 30 heavy (non-hydrogen) atoms. The smallest absolute Gasteiger partial charge is 0.339 e. The maximum atomic E-state index is 12.4. The van der Waals surface area contributed by atoms with Gasteiger partial charge in [-0.3, -0.25) is 4.79 Å². The first-order chi connectivity index (χ1) is 13.3. The highest BCUT2D eigenvalue weighted by molar-refractivity contribution is 5.94. The highest BCUT2D eigenvalue weighted by atomic mass is 35.5. The van der Waals surface area contributed by atoms with Crippen LogP contribution in [0, 0.1) is 0 Å². The van der Waals surface area contributed by atoms with Crippen molar-refractivity contribution in [1.82, 2.24) is 0 Å². The molecule has 1 unspecified atom stereocenters. The Morgan fingerprint density at radius 2 is 1.57 bits per heavy atom. The number of carboxylic acids is 2. The Morgan fingerprint density at radius 3 is 2.13 bits per heavy atom. The molecule has 7 heteroatoms. The molecule has 0 spiro atoms. The van der Waals surface area contributed by atoms with Crippen molar-refractivity contribution in [3.63, 3.8) is 0 Å². The number of aliphatic carboxylic acids is 2. The summed E-state index contributed by atoms with van der Waals surface area (Å²) in [4.78, 5) is 24.2. The van der Waals surface area contributed by atoms with E-state index in [0.29, 0.717) is 11.3 Å². The molecule has 0 heterocycles. The Labute approximate surface area is 187 Å². The predicted octanol–water partition coefficient (Wildman–Crippen LogP) is 5.35. The van der Waals surface area contributed by atoms with Gasteiger partial charge in [-0.1, -0.05) is 62.4 Å². The van der Waals surface area contributed by atoms with Gasteiger partial charge in [-0.25, -0.2) is 4.79 Å². The Kier molecular flexibility index (Phi) is 8.70. The zero-order valence-electron chi connectivity index (χ0n) is 16.6. The summed E-state index contributed by atoms with van der Waals surface area (Å²) in [6.07, 6.45) is 2.73. The SMILES string of the molecule is CC(C)c1ccccc1C1(C(=O)O)C=CC(C(=O)O)=C(Oc2ccccc2)C1.Cl.Cl. The molecule has 1 atom stereocenters. The van der Waals surface area contributed by atoms with Crippen molar-refractivity contribution >= 4 is 36.8 Å².